The largest absolute Gasteiger partial charge is 0.450 e. The van der Waals surface area contributed by atoms with Crippen LogP contribution in [0.4, 0.5) is 4.79 Å². The molecule has 0 bridgehead atoms. The van der Waals surface area contributed by atoms with Crippen LogP contribution in [0, 0.1) is 0 Å². The van der Waals surface area contributed by atoms with E-state index < -0.39 is 12.0 Å². The molecule has 1 rings (SSSR count). The SMILES string of the molecule is CCOC(=O)NC(=O)c1ccc(Br)cc1. The van der Waals surface area contributed by atoms with Gasteiger partial charge in [-0.05, 0) is 31.2 Å². The lowest BCUT2D eigenvalue weighted by Gasteiger charge is -2.03. The summed E-state index contributed by atoms with van der Waals surface area (Å²) >= 11 is 3.25. The third kappa shape index (κ3) is 3.71. The second-order valence-electron chi connectivity index (χ2n) is 2.68. The molecule has 5 heteroatoms. The molecule has 0 aliphatic rings. The molecule has 0 spiro atoms. The molecule has 2 amide bonds. The zero-order valence-corrected chi connectivity index (χ0v) is 9.71. The van der Waals surface area contributed by atoms with Crippen molar-refractivity contribution in [1.29, 1.82) is 0 Å². The molecular weight excluding hydrogens is 262 g/mol. The number of imide groups is 1. The number of hydrogen-bond donors (Lipinski definition) is 1. The van der Waals surface area contributed by atoms with Gasteiger partial charge in [-0.3, -0.25) is 10.1 Å². The van der Waals surface area contributed by atoms with Crippen LogP contribution >= 0.6 is 15.9 Å². The smallest absolute Gasteiger partial charge is 0.414 e. The van der Waals surface area contributed by atoms with E-state index in [1.165, 1.54) is 0 Å². The Morgan fingerprint density at radius 1 is 1.33 bits per heavy atom. The van der Waals surface area contributed by atoms with E-state index in [1.807, 2.05) is 0 Å². The Kier molecular flexibility index (Phi) is 4.30. The fourth-order valence-electron chi connectivity index (χ4n) is 0.933. The van der Waals surface area contributed by atoms with Crippen LogP contribution in [-0.2, 0) is 4.74 Å². The minimum Gasteiger partial charge on any atom is -0.450 e. The normalized spacial score (nSPS) is 9.47. The summed E-state index contributed by atoms with van der Waals surface area (Å²) in [6, 6.07) is 6.66. The second kappa shape index (κ2) is 5.50. The number of carbonyl (C=O) groups is 2. The van der Waals surface area contributed by atoms with Gasteiger partial charge >= 0.3 is 6.09 Å². The molecule has 1 aromatic carbocycles. The van der Waals surface area contributed by atoms with Gasteiger partial charge in [0.2, 0.25) is 0 Å². The van der Waals surface area contributed by atoms with Crippen LogP contribution in [0.25, 0.3) is 0 Å². The van der Waals surface area contributed by atoms with Crippen molar-refractivity contribution in [1.82, 2.24) is 5.32 Å². The van der Waals surface area contributed by atoms with Gasteiger partial charge < -0.3 is 4.74 Å². The summed E-state index contributed by atoms with van der Waals surface area (Å²) < 4.78 is 5.45. The maximum atomic E-state index is 11.4. The van der Waals surface area contributed by atoms with Crippen LogP contribution in [0.15, 0.2) is 28.7 Å². The third-order valence-electron chi connectivity index (χ3n) is 1.60. The van der Waals surface area contributed by atoms with Crippen molar-refractivity contribution >= 4 is 27.9 Å². The number of amides is 2. The van der Waals surface area contributed by atoms with E-state index in [1.54, 1.807) is 31.2 Å². The first-order valence-electron chi connectivity index (χ1n) is 4.37. The van der Waals surface area contributed by atoms with E-state index in [2.05, 4.69) is 26.0 Å². The maximum absolute atomic E-state index is 11.4. The number of benzene rings is 1. The van der Waals surface area contributed by atoms with E-state index in [9.17, 15) is 9.59 Å². The topological polar surface area (TPSA) is 55.4 Å². The lowest BCUT2D eigenvalue weighted by molar-refractivity contribution is 0.0925. The molecule has 1 aromatic rings. The van der Waals surface area contributed by atoms with Crippen molar-refractivity contribution in [2.24, 2.45) is 0 Å². The summed E-state index contributed by atoms with van der Waals surface area (Å²) in [5.74, 6) is -0.471. The van der Waals surface area contributed by atoms with Crippen molar-refractivity contribution < 1.29 is 14.3 Å². The lowest BCUT2D eigenvalue weighted by atomic mass is 10.2. The first-order valence-corrected chi connectivity index (χ1v) is 5.16. The molecule has 0 atom stereocenters. The Morgan fingerprint density at radius 2 is 1.93 bits per heavy atom. The Bertz CT molecular complexity index is 361. The van der Waals surface area contributed by atoms with Gasteiger partial charge in [-0.2, -0.15) is 0 Å². The number of halogens is 1. The molecule has 0 saturated carbocycles. The van der Waals surface area contributed by atoms with Gasteiger partial charge in [0.1, 0.15) is 0 Å². The lowest BCUT2D eigenvalue weighted by Crippen LogP contribution is -2.30. The highest BCUT2D eigenvalue weighted by atomic mass is 79.9. The van der Waals surface area contributed by atoms with Crippen LogP contribution in [0.3, 0.4) is 0 Å². The average molecular weight is 272 g/mol. The summed E-state index contributed by atoms with van der Waals surface area (Å²) in [7, 11) is 0. The molecule has 0 heterocycles. The molecule has 0 unspecified atom stereocenters. The number of alkyl carbamates (subject to hydrolysis) is 1. The molecule has 0 aromatic heterocycles. The van der Waals surface area contributed by atoms with Crippen molar-refractivity contribution in [2.75, 3.05) is 6.61 Å². The molecule has 15 heavy (non-hydrogen) atoms. The predicted molar refractivity (Wildman–Crippen MR) is 58.6 cm³/mol. The third-order valence-corrected chi connectivity index (χ3v) is 2.13. The molecular formula is C10H10BrNO3. The summed E-state index contributed by atoms with van der Waals surface area (Å²) in [6.45, 7) is 1.91. The maximum Gasteiger partial charge on any atom is 0.414 e. The van der Waals surface area contributed by atoms with Gasteiger partial charge in [0.25, 0.3) is 5.91 Å². The van der Waals surface area contributed by atoms with E-state index in [-0.39, 0.29) is 6.61 Å². The van der Waals surface area contributed by atoms with E-state index in [4.69, 9.17) is 0 Å². The highest BCUT2D eigenvalue weighted by Crippen LogP contribution is 2.10. The first-order chi connectivity index (χ1) is 7.13. The summed E-state index contributed by atoms with van der Waals surface area (Å²) in [5.41, 5.74) is 0.409. The van der Waals surface area contributed by atoms with E-state index >= 15 is 0 Å². The van der Waals surface area contributed by atoms with Crippen molar-refractivity contribution in [2.45, 2.75) is 6.92 Å². The van der Waals surface area contributed by atoms with Gasteiger partial charge in [0.05, 0.1) is 6.61 Å². The number of carbonyl (C=O) groups excluding carboxylic acids is 2. The molecule has 80 valence electrons. The monoisotopic (exact) mass is 271 g/mol. The van der Waals surface area contributed by atoms with Gasteiger partial charge in [-0.1, -0.05) is 15.9 Å². The fraction of sp³-hybridized carbons (Fsp3) is 0.200. The zero-order valence-electron chi connectivity index (χ0n) is 8.12. The molecule has 4 nitrogen and oxygen atoms in total. The molecule has 0 radical (unpaired) electrons. The molecule has 0 aliphatic carbocycles. The summed E-state index contributed by atoms with van der Waals surface area (Å²) in [5, 5.41) is 2.10. The van der Waals surface area contributed by atoms with Crippen LogP contribution in [0.1, 0.15) is 17.3 Å². The highest BCUT2D eigenvalue weighted by Gasteiger charge is 2.09. The quantitative estimate of drug-likeness (QED) is 0.898. The minimum absolute atomic E-state index is 0.236. The van der Waals surface area contributed by atoms with Crippen molar-refractivity contribution in [3.05, 3.63) is 34.3 Å². The molecule has 0 aliphatic heterocycles. The Morgan fingerprint density at radius 3 is 2.47 bits per heavy atom. The number of nitrogens with one attached hydrogen (secondary N) is 1. The molecule has 0 fully saturated rings. The average Bonchev–Trinajstić information content (AvgIpc) is 2.18. The molecule has 1 N–H and O–H groups in total. The minimum atomic E-state index is -0.731. The van der Waals surface area contributed by atoms with E-state index in [0.29, 0.717) is 5.56 Å². The summed E-state index contributed by atoms with van der Waals surface area (Å²) in [4.78, 5) is 22.3. The number of rotatable bonds is 2. The van der Waals surface area contributed by atoms with Gasteiger partial charge in [0, 0.05) is 10.0 Å². The van der Waals surface area contributed by atoms with Gasteiger partial charge in [-0.25, -0.2) is 4.79 Å². The van der Waals surface area contributed by atoms with Crippen LogP contribution in [0.2, 0.25) is 0 Å². The van der Waals surface area contributed by atoms with Gasteiger partial charge in [-0.15, -0.1) is 0 Å². The Balaban J connectivity index is 2.61. The predicted octanol–water partition coefficient (Wildman–Crippen LogP) is 2.34. The van der Waals surface area contributed by atoms with Gasteiger partial charge in [0.15, 0.2) is 0 Å². The van der Waals surface area contributed by atoms with E-state index in [0.717, 1.165) is 4.47 Å². The first kappa shape index (κ1) is 11.7. The number of ether oxygens (including phenoxy) is 1. The molecule has 0 saturated heterocycles. The van der Waals surface area contributed by atoms with Crippen LogP contribution in [0.5, 0.6) is 0 Å². The fourth-order valence-corrected chi connectivity index (χ4v) is 1.20. The Hall–Kier alpha value is -1.36. The highest BCUT2D eigenvalue weighted by molar-refractivity contribution is 9.10. The standard InChI is InChI=1S/C10H10BrNO3/c1-2-15-10(14)12-9(13)7-3-5-8(11)6-4-7/h3-6H,2H2,1H3,(H,12,13,14). The van der Waals surface area contributed by atoms with Crippen LogP contribution in [-0.4, -0.2) is 18.6 Å². The Labute approximate surface area is 95.7 Å². The zero-order chi connectivity index (χ0) is 11.3. The van der Waals surface area contributed by atoms with Crippen molar-refractivity contribution in [3.63, 3.8) is 0 Å². The summed E-state index contributed by atoms with van der Waals surface area (Å²) in [6.07, 6.45) is -0.731. The number of hydrogen-bond acceptors (Lipinski definition) is 3. The van der Waals surface area contributed by atoms with Crippen LogP contribution < -0.4 is 5.32 Å². The second-order valence-corrected chi connectivity index (χ2v) is 3.60. The van der Waals surface area contributed by atoms with Crippen molar-refractivity contribution in [3.8, 4) is 0 Å².